The van der Waals surface area contributed by atoms with Crippen molar-refractivity contribution >= 4 is 5.91 Å². The van der Waals surface area contributed by atoms with E-state index in [2.05, 4.69) is 82.1 Å². The van der Waals surface area contributed by atoms with Crippen molar-refractivity contribution < 1.29 is 11.0 Å². The van der Waals surface area contributed by atoms with Crippen LogP contribution in [0.25, 0.3) is 11.3 Å². The summed E-state index contributed by atoms with van der Waals surface area (Å²) in [5.41, 5.74) is 8.20. The molecule has 1 amide bonds. The smallest absolute Gasteiger partial charge is 0.253 e. The summed E-state index contributed by atoms with van der Waals surface area (Å²) in [5.74, 6) is 1.08. The van der Waals surface area contributed by atoms with Gasteiger partial charge in [-0.2, -0.15) is 4.98 Å². The van der Waals surface area contributed by atoms with Crippen molar-refractivity contribution in [3.63, 3.8) is 0 Å². The summed E-state index contributed by atoms with van der Waals surface area (Å²) in [7, 11) is 1.82. The average Bonchev–Trinajstić information content (AvgIpc) is 2.92. The quantitative estimate of drug-likeness (QED) is 0.229. The van der Waals surface area contributed by atoms with Gasteiger partial charge in [-0.15, -0.1) is 0 Å². The molecule has 0 saturated carbocycles. The number of likely N-dealkylation sites (N-methyl/N-ethyl adjacent to an activating group) is 1. The monoisotopic (exact) mass is 553 g/mol. The first-order valence-corrected chi connectivity index (χ1v) is 14.4. The first kappa shape index (κ1) is 31.5. The molecule has 1 unspecified atom stereocenters. The summed E-state index contributed by atoms with van der Waals surface area (Å²) < 4.78 is 6.58. The maximum Gasteiger partial charge on any atom is 0.253 e. The number of aryl methyl sites for hydroxylation is 4. The van der Waals surface area contributed by atoms with Crippen LogP contribution in [0.5, 0.6) is 5.88 Å². The highest BCUT2D eigenvalue weighted by atomic mass is 16.5. The van der Waals surface area contributed by atoms with E-state index in [1.54, 1.807) is 4.90 Å². The van der Waals surface area contributed by atoms with E-state index >= 15 is 0 Å². The van der Waals surface area contributed by atoms with E-state index in [-0.39, 0.29) is 12.7 Å². The lowest BCUT2D eigenvalue weighted by molar-refractivity contribution is 0.0706. The fraction of sp³-hybridized carbons (Fsp3) is 0.361. The van der Waals surface area contributed by atoms with Gasteiger partial charge in [0.2, 0.25) is 5.88 Å². The van der Waals surface area contributed by atoms with Crippen molar-refractivity contribution in [3.05, 3.63) is 112 Å². The number of ether oxygens (including phenoxy) is 1. The Morgan fingerprint density at radius 3 is 2.07 bits per heavy atom. The van der Waals surface area contributed by atoms with Crippen molar-refractivity contribution in [2.24, 2.45) is 0 Å². The van der Waals surface area contributed by atoms with E-state index in [4.69, 9.17) is 9.72 Å². The number of nitrogens with zero attached hydrogens (tertiary/aromatic N) is 3. The van der Waals surface area contributed by atoms with Crippen LogP contribution >= 0.6 is 0 Å². The lowest BCUT2D eigenvalue weighted by atomic mass is 9.86. The number of hydrogen-bond acceptors (Lipinski definition) is 4. The molecule has 3 aromatic carbocycles. The van der Waals surface area contributed by atoms with Crippen molar-refractivity contribution in [1.29, 1.82) is 0 Å². The highest BCUT2D eigenvalue weighted by molar-refractivity contribution is 5.94. The fourth-order valence-electron chi connectivity index (χ4n) is 4.83. The number of rotatable bonds is 7. The normalized spacial score (nSPS) is 11.8. The van der Waals surface area contributed by atoms with Crippen molar-refractivity contribution in [3.8, 4) is 17.1 Å². The van der Waals surface area contributed by atoms with E-state index in [9.17, 15) is 4.79 Å². The van der Waals surface area contributed by atoms with Gasteiger partial charge in [0.1, 0.15) is 11.9 Å². The van der Waals surface area contributed by atoms with Gasteiger partial charge in [-0.1, -0.05) is 94.8 Å². The molecule has 0 aliphatic carbocycles. The van der Waals surface area contributed by atoms with E-state index in [0.717, 1.165) is 33.5 Å². The molecule has 4 aromatic rings. The second-order valence-corrected chi connectivity index (χ2v) is 11.4. The molecule has 5 nitrogen and oxygen atoms in total. The Kier molecular flexibility index (Phi) is 10.4. The van der Waals surface area contributed by atoms with Gasteiger partial charge in [-0.3, -0.25) is 4.79 Å². The SMILES string of the molecule is CC.Cc1cccc(C(=O)N(C)CC(Oc2cc(-c3c(C)cccc3C)nc(C)n2)c2ccc(C(C)(C)C)cc2)c1.[HH]. The van der Waals surface area contributed by atoms with Crippen LogP contribution in [-0.2, 0) is 5.41 Å². The maximum atomic E-state index is 13.3. The summed E-state index contributed by atoms with van der Waals surface area (Å²) >= 11 is 0. The fourth-order valence-corrected chi connectivity index (χ4v) is 4.83. The number of aromatic nitrogens is 2. The van der Waals surface area contributed by atoms with Crippen LogP contribution < -0.4 is 4.74 Å². The van der Waals surface area contributed by atoms with E-state index < -0.39 is 6.10 Å². The molecule has 1 aromatic heterocycles. The van der Waals surface area contributed by atoms with Crippen LogP contribution in [0.4, 0.5) is 0 Å². The zero-order valence-corrected chi connectivity index (χ0v) is 26.4. The molecular weight excluding hydrogens is 506 g/mol. The summed E-state index contributed by atoms with van der Waals surface area (Å²) in [5, 5.41) is 0. The van der Waals surface area contributed by atoms with Gasteiger partial charge >= 0.3 is 0 Å². The third-order valence-corrected chi connectivity index (χ3v) is 7.01. The Bertz CT molecular complexity index is 1460. The highest BCUT2D eigenvalue weighted by Crippen LogP contribution is 2.31. The maximum absolute atomic E-state index is 13.3. The highest BCUT2D eigenvalue weighted by Gasteiger charge is 2.23. The molecule has 0 saturated heterocycles. The molecular formula is C36H47N3O2. The Labute approximate surface area is 248 Å². The van der Waals surface area contributed by atoms with Crippen LogP contribution in [0.2, 0.25) is 0 Å². The van der Waals surface area contributed by atoms with E-state index in [1.807, 2.05) is 65.1 Å². The number of amides is 1. The molecule has 41 heavy (non-hydrogen) atoms. The number of benzene rings is 3. The van der Waals surface area contributed by atoms with Gasteiger partial charge in [-0.25, -0.2) is 4.98 Å². The van der Waals surface area contributed by atoms with Crippen LogP contribution in [-0.4, -0.2) is 34.4 Å². The third kappa shape index (κ3) is 8.03. The third-order valence-electron chi connectivity index (χ3n) is 7.01. The van der Waals surface area contributed by atoms with E-state index in [0.29, 0.717) is 23.8 Å². The van der Waals surface area contributed by atoms with Gasteiger partial charge in [0.05, 0.1) is 12.2 Å². The predicted molar refractivity (Wildman–Crippen MR) is 172 cm³/mol. The average molecular weight is 554 g/mol. The van der Waals surface area contributed by atoms with Gasteiger partial charge in [0, 0.05) is 25.7 Å². The molecule has 0 fully saturated rings. The minimum Gasteiger partial charge on any atom is -0.467 e. The van der Waals surface area contributed by atoms with Crippen LogP contribution in [0.15, 0.2) is 72.8 Å². The molecule has 0 aliphatic rings. The first-order chi connectivity index (χ1) is 19.4. The minimum atomic E-state index is -0.419. The summed E-state index contributed by atoms with van der Waals surface area (Å²) in [6.07, 6.45) is -0.419. The van der Waals surface area contributed by atoms with Crippen molar-refractivity contribution in [1.82, 2.24) is 14.9 Å². The zero-order valence-electron chi connectivity index (χ0n) is 26.4. The Hall–Kier alpha value is -3.99. The van der Waals surface area contributed by atoms with Crippen molar-refractivity contribution in [2.45, 2.75) is 73.8 Å². The molecule has 0 aliphatic heterocycles. The molecule has 0 bridgehead atoms. The molecule has 218 valence electrons. The second kappa shape index (κ2) is 13.6. The predicted octanol–water partition coefficient (Wildman–Crippen LogP) is 8.84. The largest absolute Gasteiger partial charge is 0.467 e. The molecule has 0 N–H and O–H groups in total. The molecule has 1 atom stereocenters. The lowest BCUT2D eigenvalue weighted by Gasteiger charge is -2.26. The Morgan fingerprint density at radius 2 is 1.49 bits per heavy atom. The number of carbonyl (C=O) groups excluding carboxylic acids is 1. The van der Waals surface area contributed by atoms with Crippen LogP contribution in [0.1, 0.15) is 86.1 Å². The van der Waals surface area contributed by atoms with Gasteiger partial charge < -0.3 is 9.64 Å². The second-order valence-electron chi connectivity index (χ2n) is 11.4. The molecule has 0 radical (unpaired) electrons. The number of carbonyl (C=O) groups is 1. The first-order valence-electron chi connectivity index (χ1n) is 14.4. The zero-order chi connectivity index (χ0) is 30.3. The van der Waals surface area contributed by atoms with E-state index in [1.165, 1.54) is 5.56 Å². The summed E-state index contributed by atoms with van der Waals surface area (Å²) in [4.78, 5) is 24.4. The van der Waals surface area contributed by atoms with Crippen LogP contribution in [0.3, 0.4) is 0 Å². The minimum absolute atomic E-state index is 0. The lowest BCUT2D eigenvalue weighted by Crippen LogP contribution is -2.33. The van der Waals surface area contributed by atoms with Crippen LogP contribution in [0, 0.1) is 27.7 Å². The van der Waals surface area contributed by atoms with Gasteiger partial charge in [0.25, 0.3) is 5.91 Å². The number of hydrogen-bond donors (Lipinski definition) is 0. The van der Waals surface area contributed by atoms with Crippen molar-refractivity contribution in [2.75, 3.05) is 13.6 Å². The summed E-state index contributed by atoms with van der Waals surface area (Å²) in [6, 6.07) is 24.3. The Balaban J connectivity index is 0.00000201. The topological polar surface area (TPSA) is 55.3 Å². The van der Waals surface area contributed by atoms with Gasteiger partial charge in [-0.05, 0) is 67.5 Å². The van der Waals surface area contributed by atoms with Gasteiger partial charge in [0.15, 0.2) is 0 Å². The Morgan fingerprint density at radius 1 is 0.878 bits per heavy atom. The molecule has 0 spiro atoms. The molecule has 5 heteroatoms. The molecule has 1 heterocycles. The molecule has 4 rings (SSSR count). The standard InChI is InChI=1S/C34H39N3O2.C2H6.H2/c1-22-11-9-14-27(19-22)33(38)37(8)21-30(26-15-17-28(18-16-26)34(5,6)7)39-31-20-29(35-25(4)36-31)32-23(2)12-10-13-24(32)3;1-2;/h9-20,30H,21H2,1-8H3;1-2H3;1H. The summed E-state index contributed by atoms with van der Waals surface area (Å²) in [6.45, 7) is 19.0.